The summed E-state index contributed by atoms with van der Waals surface area (Å²) in [6.45, 7) is 0.954. The smallest absolute Gasteiger partial charge is 0.343 e. The van der Waals surface area contributed by atoms with Gasteiger partial charge in [0, 0.05) is 29.1 Å². The topological polar surface area (TPSA) is 131 Å². The van der Waals surface area contributed by atoms with Crippen molar-refractivity contribution < 1.29 is 28.9 Å². The Kier molecular flexibility index (Phi) is 5.03. The SMILES string of the molecule is CC[C@@]1(O)C(=O)OCc2c1cc1n(c2=O)Cc2c-1nc1cc(F)c3c(c1c2CNC(=O)CO)CCC3. The Labute approximate surface area is 204 Å². The minimum absolute atomic E-state index is 0.0233. The first kappa shape index (κ1) is 22.8. The fourth-order valence-corrected chi connectivity index (χ4v) is 5.85. The maximum Gasteiger partial charge on any atom is 0.343 e. The molecule has 1 aromatic carbocycles. The zero-order chi connectivity index (χ0) is 25.4. The number of aliphatic hydroxyl groups is 2. The summed E-state index contributed by atoms with van der Waals surface area (Å²) in [6, 6.07) is 2.99. The van der Waals surface area contributed by atoms with Crippen LogP contribution in [0.1, 0.15) is 53.1 Å². The summed E-state index contributed by atoms with van der Waals surface area (Å²) in [7, 11) is 0. The first-order valence-electron chi connectivity index (χ1n) is 12.0. The molecule has 2 aromatic heterocycles. The number of esters is 1. The molecule has 0 spiro atoms. The van der Waals surface area contributed by atoms with Crippen LogP contribution in [-0.2, 0) is 52.5 Å². The van der Waals surface area contributed by atoms with E-state index in [0.29, 0.717) is 46.4 Å². The van der Waals surface area contributed by atoms with E-state index in [2.05, 4.69) is 5.32 Å². The van der Waals surface area contributed by atoms with Gasteiger partial charge in [-0.05, 0) is 48.4 Å². The maximum atomic E-state index is 15.0. The molecule has 9 nitrogen and oxygen atoms in total. The normalized spacial score (nSPS) is 19.5. The van der Waals surface area contributed by atoms with E-state index in [9.17, 15) is 29.0 Å². The van der Waals surface area contributed by atoms with Crippen molar-refractivity contribution in [1.29, 1.82) is 0 Å². The van der Waals surface area contributed by atoms with Crippen molar-refractivity contribution in [2.24, 2.45) is 0 Å². The Morgan fingerprint density at radius 2 is 2.00 bits per heavy atom. The van der Waals surface area contributed by atoms with Crippen LogP contribution in [0.2, 0.25) is 0 Å². The predicted molar refractivity (Wildman–Crippen MR) is 125 cm³/mol. The molecule has 1 atom stereocenters. The third-order valence-corrected chi connectivity index (χ3v) is 7.72. The van der Waals surface area contributed by atoms with E-state index >= 15 is 0 Å². The Morgan fingerprint density at radius 1 is 1.22 bits per heavy atom. The quantitative estimate of drug-likeness (QED) is 0.366. The second-order valence-electron chi connectivity index (χ2n) is 9.52. The summed E-state index contributed by atoms with van der Waals surface area (Å²) in [5, 5.41) is 23.8. The van der Waals surface area contributed by atoms with E-state index in [1.54, 1.807) is 13.0 Å². The van der Waals surface area contributed by atoms with Gasteiger partial charge in [0.25, 0.3) is 5.56 Å². The number of fused-ring (bicyclic) bond motifs is 7. The minimum atomic E-state index is -1.95. The molecule has 0 saturated heterocycles. The van der Waals surface area contributed by atoms with Crippen molar-refractivity contribution in [1.82, 2.24) is 14.9 Å². The number of ether oxygens (including phenoxy) is 1. The van der Waals surface area contributed by atoms with Gasteiger partial charge in [-0.25, -0.2) is 14.2 Å². The molecule has 0 radical (unpaired) electrons. The van der Waals surface area contributed by atoms with Crippen LogP contribution >= 0.6 is 0 Å². The molecular formula is C26H24FN3O6. The van der Waals surface area contributed by atoms with Crippen LogP contribution in [0.3, 0.4) is 0 Å². The first-order valence-corrected chi connectivity index (χ1v) is 12.0. The third kappa shape index (κ3) is 3.00. The number of aryl methyl sites for hydroxylation is 1. The van der Waals surface area contributed by atoms with E-state index in [0.717, 1.165) is 17.4 Å². The van der Waals surface area contributed by atoms with Crippen molar-refractivity contribution in [3.05, 3.63) is 61.7 Å². The van der Waals surface area contributed by atoms with Crippen molar-refractivity contribution in [3.8, 4) is 11.4 Å². The van der Waals surface area contributed by atoms with Gasteiger partial charge in [0.05, 0.1) is 29.0 Å². The number of carbonyl (C=O) groups is 2. The van der Waals surface area contributed by atoms with Crippen molar-refractivity contribution in [3.63, 3.8) is 0 Å². The van der Waals surface area contributed by atoms with Gasteiger partial charge in [-0.1, -0.05) is 6.92 Å². The lowest BCUT2D eigenvalue weighted by Gasteiger charge is -2.31. The zero-order valence-corrected chi connectivity index (χ0v) is 19.6. The molecule has 3 N–H and O–H groups in total. The maximum absolute atomic E-state index is 15.0. The van der Waals surface area contributed by atoms with E-state index in [-0.39, 0.29) is 43.1 Å². The minimum Gasteiger partial charge on any atom is -0.458 e. The number of benzene rings is 1. The molecule has 3 aromatic rings. The number of cyclic esters (lactones) is 1. The monoisotopic (exact) mass is 493 g/mol. The second-order valence-corrected chi connectivity index (χ2v) is 9.52. The molecule has 0 fully saturated rings. The highest BCUT2D eigenvalue weighted by Gasteiger charge is 2.45. The molecule has 0 unspecified atom stereocenters. The van der Waals surface area contributed by atoms with Gasteiger partial charge in [0.2, 0.25) is 5.91 Å². The lowest BCUT2D eigenvalue weighted by atomic mass is 9.86. The molecule has 6 rings (SSSR count). The Balaban J connectivity index is 1.64. The molecule has 1 aliphatic carbocycles. The molecule has 4 heterocycles. The van der Waals surface area contributed by atoms with E-state index in [1.807, 2.05) is 0 Å². The van der Waals surface area contributed by atoms with Gasteiger partial charge in [0.1, 0.15) is 19.0 Å². The molecule has 186 valence electrons. The van der Waals surface area contributed by atoms with Gasteiger partial charge in [0.15, 0.2) is 5.60 Å². The largest absolute Gasteiger partial charge is 0.458 e. The summed E-state index contributed by atoms with van der Waals surface area (Å²) in [4.78, 5) is 42.6. The van der Waals surface area contributed by atoms with Crippen LogP contribution in [0.15, 0.2) is 16.9 Å². The van der Waals surface area contributed by atoms with Crippen molar-refractivity contribution in [2.75, 3.05) is 6.61 Å². The van der Waals surface area contributed by atoms with Crippen LogP contribution in [-0.4, -0.2) is 38.2 Å². The molecule has 1 amide bonds. The average Bonchev–Trinajstić information content (AvgIpc) is 3.50. The molecule has 36 heavy (non-hydrogen) atoms. The molecule has 10 heteroatoms. The number of aliphatic hydroxyl groups excluding tert-OH is 1. The highest BCUT2D eigenvalue weighted by Crippen LogP contribution is 2.42. The van der Waals surface area contributed by atoms with E-state index < -0.39 is 29.6 Å². The number of hydrogen-bond donors (Lipinski definition) is 3. The first-order chi connectivity index (χ1) is 17.3. The lowest BCUT2D eigenvalue weighted by Crippen LogP contribution is -2.44. The van der Waals surface area contributed by atoms with Crippen LogP contribution < -0.4 is 10.9 Å². The van der Waals surface area contributed by atoms with Crippen molar-refractivity contribution in [2.45, 2.75) is 57.9 Å². The molecular weight excluding hydrogens is 469 g/mol. The fraction of sp³-hybridized carbons (Fsp3) is 0.385. The van der Waals surface area contributed by atoms with Crippen LogP contribution in [0.25, 0.3) is 22.3 Å². The predicted octanol–water partition coefficient (Wildman–Crippen LogP) is 1.32. The number of nitrogens with one attached hydrogen (secondary N) is 1. The number of rotatable bonds is 4. The summed E-state index contributed by atoms with van der Waals surface area (Å²) < 4.78 is 21.6. The summed E-state index contributed by atoms with van der Waals surface area (Å²) in [5.74, 6) is -1.70. The highest BCUT2D eigenvalue weighted by molar-refractivity contribution is 5.93. The number of halogens is 1. The van der Waals surface area contributed by atoms with Gasteiger partial charge in [-0.3, -0.25) is 9.59 Å². The lowest BCUT2D eigenvalue weighted by molar-refractivity contribution is -0.172. The number of nitrogens with zero attached hydrogens (tertiary/aromatic N) is 2. The molecule has 0 saturated carbocycles. The van der Waals surface area contributed by atoms with E-state index in [4.69, 9.17) is 9.72 Å². The van der Waals surface area contributed by atoms with Crippen LogP contribution in [0.4, 0.5) is 4.39 Å². The van der Waals surface area contributed by atoms with Gasteiger partial charge >= 0.3 is 5.97 Å². The Morgan fingerprint density at radius 3 is 2.75 bits per heavy atom. The van der Waals surface area contributed by atoms with Gasteiger partial charge in [-0.2, -0.15) is 0 Å². The second kappa shape index (κ2) is 7.94. The summed E-state index contributed by atoms with van der Waals surface area (Å²) in [6.07, 6.45) is 2.12. The Hall–Kier alpha value is -3.63. The molecule has 2 aliphatic heterocycles. The number of aromatic nitrogens is 2. The summed E-state index contributed by atoms with van der Waals surface area (Å²) in [5.41, 5.74) is 2.23. The number of hydrogen-bond acceptors (Lipinski definition) is 7. The van der Waals surface area contributed by atoms with Crippen LogP contribution in [0.5, 0.6) is 0 Å². The van der Waals surface area contributed by atoms with Crippen molar-refractivity contribution >= 4 is 22.8 Å². The average molecular weight is 493 g/mol. The highest BCUT2D eigenvalue weighted by atomic mass is 19.1. The third-order valence-electron chi connectivity index (χ3n) is 7.72. The number of amides is 1. The van der Waals surface area contributed by atoms with Gasteiger partial charge < -0.3 is 24.8 Å². The fourth-order valence-electron chi connectivity index (χ4n) is 5.85. The number of pyridine rings is 2. The Bertz CT molecular complexity index is 1560. The standard InChI is InChI=1S/C26H24FN3O6/c1-2-26(35)17-6-20-23-15(9-30(20)24(33)16(17)11-36-25(26)34)14(8-28-21(32)10-31)22-13-5-3-4-12(13)18(27)7-19(22)29-23/h6-7,31,35H,2-5,8-11H2,1H3,(H,28,32)/t26-/m0/s1. The van der Waals surface area contributed by atoms with E-state index in [1.165, 1.54) is 10.6 Å². The molecule has 0 bridgehead atoms. The summed E-state index contributed by atoms with van der Waals surface area (Å²) >= 11 is 0. The van der Waals surface area contributed by atoms with Gasteiger partial charge in [-0.15, -0.1) is 0 Å². The zero-order valence-electron chi connectivity index (χ0n) is 19.6. The number of carbonyl (C=O) groups excluding carboxylic acids is 2. The molecule has 3 aliphatic rings. The van der Waals surface area contributed by atoms with Crippen LogP contribution in [0, 0.1) is 5.82 Å².